The fraction of sp³-hybridized carbons (Fsp3) is 0.353. The zero-order valence-corrected chi connectivity index (χ0v) is 13.7. The van der Waals surface area contributed by atoms with Crippen molar-refractivity contribution in [3.05, 3.63) is 48.8 Å². The van der Waals surface area contributed by atoms with Gasteiger partial charge in [0, 0.05) is 50.8 Å². The molecular formula is C17H23N7. The Morgan fingerprint density at radius 2 is 1.75 bits per heavy atom. The molecule has 0 bridgehead atoms. The second-order valence-electron chi connectivity index (χ2n) is 5.64. The van der Waals surface area contributed by atoms with Crippen LogP contribution in [0.15, 0.2) is 53.8 Å². The zero-order valence-electron chi connectivity index (χ0n) is 13.7. The number of para-hydroxylation sites is 1. The van der Waals surface area contributed by atoms with Gasteiger partial charge in [-0.2, -0.15) is 0 Å². The fourth-order valence-electron chi connectivity index (χ4n) is 2.65. The molecule has 0 saturated carbocycles. The normalized spacial score (nSPS) is 16.2. The van der Waals surface area contributed by atoms with Crippen molar-refractivity contribution in [1.82, 2.24) is 14.9 Å². The van der Waals surface area contributed by atoms with Crippen LogP contribution < -0.4 is 16.0 Å². The SMILES string of the molecule is NC(=NCCN1CCN(c2ncccn2)CC1)Nc1ccccc1. The average Bonchev–Trinajstić information content (AvgIpc) is 2.64. The van der Waals surface area contributed by atoms with Crippen molar-refractivity contribution in [2.24, 2.45) is 10.7 Å². The van der Waals surface area contributed by atoms with Gasteiger partial charge in [0.25, 0.3) is 0 Å². The molecule has 2 aromatic rings. The molecule has 0 amide bonds. The topological polar surface area (TPSA) is 82.7 Å². The van der Waals surface area contributed by atoms with Crippen molar-refractivity contribution in [3.63, 3.8) is 0 Å². The second-order valence-corrected chi connectivity index (χ2v) is 5.64. The van der Waals surface area contributed by atoms with Crippen molar-refractivity contribution < 1.29 is 0 Å². The number of nitrogens with two attached hydrogens (primary N) is 1. The number of piperazine rings is 1. The minimum atomic E-state index is 0.456. The van der Waals surface area contributed by atoms with E-state index in [0.29, 0.717) is 12.5 Å². The third-order valence-electron chi connectivity index (χ3n) is 3.95. The molecule has 0 aliphatic carbocycles. The highest BCUT2D eigenvalue weighted by atomic mass is 15.3. The molecule has 7 heteroatoms. The minimum absolute atomic E-state index is 0.456. The molecular weight excluding hydrogens is 302 g/mol. The Morgan fingerprint density at radius 3 is 2.46 bits per heavy atom. The van der Waals surface area contributed by atoms with Crippen LogP contribution in [0.1, 0.15) is 0 Å². The third-order valence-corrected chi connectivity index (χ3v) is 3.95. The summed E-state index contributed by atoms with van der Waals surface area (Å²) in [5, 5.41) is 3.09. The Hall–Kier alpha value is -2.67. The molecule has 0 unspecified atom stereocenters. The molecule has 3 rings (SSSR count). The van der Waals surface area contributed by atoms with E-state index in [1.807, 2.05) is 36.4 Å². The summed E-state index contributed by atoms with van der Waals surface area (Å²) in [5.74, 6) is 1.27. The summed E-state index contributed by atoms with van der Waals surface area (Å²) in [6.07, 6.45) is 3.57. The molecule has 1 aromatic carbocycles. The number of guanidine groups is 1. The van der Waals surface area contributed by atoms with Crippen LogP contribution in [0.2, 0.25) is 0 Å². The lowest BCUT2D eigenvalue weighted by Gasteiger charge is -2.34. The summed E-state index contributed by atoms with van der Waals surface area (Å²) in [5.41, 5.74) is 6.87. The monoisotopic (exact) mass is 325 g/mol. The van der Waals surface area contributed by atoms with Gasteiger partial charge in [0.1, 0.15) is 0 Å². The molecule has 1 aliphatic rings. The first kappa shape index (κ1) is 16.2. The van der Waals surface area contributed by atoms with E-state index in [2.05, 4.69) is 30.1 Å². The van der Waals surface area contributed by atoms with E-state index in [0.717, 1.165) is 44.4 Å². The summed E-state index contributed by atoms with van der Waals surface area (Å²) >= 11 is 0. The van der Waals surface area contributed by atoms with Gasteiger partial charge in [-0.1, -0.05) is 18.2 Å². The molecule has 24 heavy (non-hydrogen) atoms. The van der Waals surface area contributed by atoms with E-state index in [1.54, 1.807) is 12.4 Å². The number of anilines is 2. The lowest BCUT2D eigenvalue weighted by atomic mass is 10.3. The lowest BCUT2D eigenvalue weighted by molar-refractivity contribution is 0.264. The van der Waals surface area contributed by atoms with E-state index in [-0.39, 0.29) is 0 Å². The standard InChI is InChI=1S/C17H23N7/c18-16(22-15-5-2-1-3-6-15)19-9-10-23-11-13-24(14-12-23)17-20-7-4-8-21-17/h1-8H,9-14H2,(H3,18,19,22). The molecule has 1 aromatic heterocycles. The van der Waals surface area contributed by atoms with Gasteiger partial charge in [-0.15, -0.1) is 0 Å². The zero-order chi connectivity index (χ0) is 16.6. The van der Waals surface area contributed by atoms with Gasteiger partial charge in [0.05, 0.1) is 6.54 Å². The van der Waals surface area contributed by atoms with Crippen LogP contribution in [0, 0.1) is 0 Å². The van der Waals surface area contributed by atoms with Gasteiger partial charge < -0.3 is 16.0 Å². The maximum atomic E-state index is 5.92. The van der Waals surface area contributed by atoms with E-state index < -0.39 is 0 Å². The molecule has 126 valence electrons. The predicted octanol–water partition coefficient (Wildman–Crippen LogP) is 1.03. The molecule has 7 nitrogen and oxygen atoms in total. The number of benzene rings is 1. The highest BCUT2D eigenvalue weighted by Crippen LogP contribution is 2.09. The fourth-order valence-corrected chi connectivity index (χ4v) is 2.65. The Morgan fingerprint density at radius 1 is 1.04 bits per heavy atom. The van der Waals surface area contributed by atoms with Crippen LogP contribution in [0.5, 0.6) is 0 Å². The van der Waals surface area contributed by atoms with Gasteiger partial charge in [0.15, 0.2) is 5.96 Å². The number of aromatic nitrogens is 2. The quantitative estimate of drug-likeness (QED) is 0.631. The molecule has 1 fully saturated rings. The average molecular weight is 325 g/mol. The Labute approximate surface area is 142 Å². The molecule has 0 radical (unpaired) electrons. The van der Waals surface area contributed by atoms with Crippen LogP contribution >= 0.6 is 0 Å². The number of hydrogen-bond acceptors (Lipinski definition) is 5. The molecule has 2 heterocycles. The van der Waals surface area contributed by atoms with E-state index >= 15 is 0 Å². The van der Waals surface area contributed by atoms with Crippen molar-refractivity contribution in [2.45, 2.75) is 0 Å². The van der Waals surface area contributed by atoms with Gasteiger partial charge in [-0.05, 0) is 18.2 Å². The summed E-state index contributed by atoms with van der Waals surface area (Å²) in [6.45, 7) is 5.44. The Balaban J connectivity index is 1.40. The van der Waals surface area contributed by atoms with Crippen molar-refractivity contribution in [2.75, 3.05) is 49.5 Å². The first-order valence-electron chi connectivity index (χ1n) is 8.17. The van der Waals surface area contributed by atoms with E-state index in [9.17, 15) is 0 Å². The summed E-state index contributed by atoms with van der Waals surface area (Å²) < 4.78 is 0. The van der Waals surface area contributed by atoms with Crippen LogP contribution in [-0.2, 0) is 0 Å². The van der Waals surface area contributed by atoms with E-state index in [4.69, 9.17) is 5.73 Å². The van der Waals surface area contributed by atoms with Gasteiger partial charge >= 0.3 is 0 Å². The number of aliphatic imine (C=N–C) groups is 1. The Bertz CT molecular complexity index is 637. The molecule has 1 saturated heterocycles. The molecule has 0 spiro atoms. The van der Waals surface area contributed by atoms with Gasteiger partial charge in [-0.3, -0.25) is 9.89 Å². The summed E-state index contributed by atoms with van der Waals surface area (Å²) in [7, 11) is 0. The lowest BCUT2D eigenvalue weighted by Crippen LogP contribution is -2.47. The summed E-state index contributed by atoms with van der Waals surface area (Å²) in [6, 6.07) is 11.7. The molecule has 1 aliphatic heterocycles. The first-order chi connectivity index (χ1) is 11.8. The number of nitrogens with one attached hydrogen (secondary N) is 1. The highest BCUT2D eigenvalue weighted by Gasteiger charge is 2.17. The smallest absolute Gasteiger partial charge is 0.225 e. The Kier molecular flexibility index (Phi) is 5.57. The van der Waals surface area contributed by atoms with Gasteiger partial charge in [-0.25, -0.2) is 9.97 Å². The minimum Gasteiger partial charge on any atom is -0.370 e. The first-order valence-corrected chi connectivity index (χ1v) is 8.17. The van der Waals surface area contributed by atoms with Gasteiger partial charge in [0.2, 0.25) is 5.95 Å². The number of nitrogens with zero attached hydrogens (tertiary/aromatic N) is 5. The van der Waals surface area contributed by atoms with Crippen molar-refractivity contribution >= 4 is 17.6 Å². The van der Waals surface area contributed by atoms with Crippen LogP contribution in [-0.4, -0.2) is 60.1 Å². The number of rotatable bonds is 5. The van der Waals surface area contributed by atoms with Crippen molar-refractivity contribution in [3.8, 4) is 0 Å². The molecule has 0 atom stereocenters. The third kappa shape index (κ3) is 4.66. The molecule has 3 N–H and O–H groups in total. The maximum Gasteiger partial charge on any atom is 0.225 e. The van der Waals surface area contributed by atoms with Crippen LogP contribution in [0.3, 0.4) is 0 Å². The second kappa shape index (κ2) is 8.26. The van der Waals surface area contributed by atoms with Crippen LogP contribution in [0.4, 0.5) is 11.6 Å². The van der Waals surface area contributed by atoms with Crippen molar-refractivity contribution in [1.29, 1.82) is 0 Å². The maximum absolute atomic E-state index is 5.92. The largest absolute Gasteiger partial charge is 0.370 e. The number of hydrogen-bond donors (Lipinski definition) is 2. The predicted molar refractivity (Wildman–Crippen MR) is 97.2 cm³/mol. The van der Waals surface area contributed by atoms with Crippen LogP contribution in [0.25, 0.3) is 0 Å². The van der Waals surface area contributed by atoms with E-state index in [1.165, 1.54) is 0 Å². The summed E-state index contributed by atoms with van der Waals surface area (Å²) in [4.78, 5) is 17.6. The highest BCUT2D eigenvalue weighted by molar-refractivity contribution is 5.92.